The monoisotopic (exact) mass is 206 g/mol. The van der Waals surface area contributed by atoms with E-state index in [0.717, 1.165) is 11.3 Å². The fraction of sp³-hybridized carbons (Fsp3) is 0.417. The second-order valence-electron chi connectivity index (χ2n) is 3.93. The van der Waals surface area contributed by atoms with E-state index in [9.17, 15) is 0 Å². The SMILES string of the molecule is Cc1ccc(C)c(OC(C)CC(=N)N)c1. The number of rotatable bonds is 4. The second-order valence-corrected chi connectivity index (χ2v) is 3.93. The minimum atomic E-state index is -0.0528. The molecule has 0 saturated heterocycles. The molecule has 0 bridgehead atoms. The van der Waals surface area contributed by atoms with Crippen LogP contribution in [-0.2, 0) is 0 Å². The van der Waals surface area contributed by atoms with Gasteiger partial charge in [-0.3, -0.25) is 5.41 Å². The maximum Gasteiger partial charge on any atom is 0.122 e. The lowest BCUT2D eigenvalue weighted by atomic mass is 10.1. The standard InChI is InChI=1S/C12H18N2O/c1-8-4-5-9(2)11(6-8)15-10(3)7-12(13)14/h4-6,10H,7H2,1-3H3,(H3,13,14). The molecule has 0 fully saturated rings. The van der Waals surface area contributed by atoms with Crippen molar-refractivity contribution in [2.75, 3.05) is 0 Å². The quantitative estimate of drug-likeness (QED) is 0.587. The number of aryl methyl sites for hydroxylation is 2. The van der Waals surface area contributed by atoms with Crippen molar-refractivity contribution < 1.29 is 4.74 Å². The molecule has 3 heteroatoms. The van der Waals surface area contributed by atoms with E-state index in [1.165, 1.54) is 5.56 Å². The molecule has 1 aromatic carbocycles. The van der Waals surface area contributed by atoms with Gasteiger partial charge in [-0.1, -0.05) is 12.1 Å². The van der Waals surface area contributed by atoms with Crippen LogP contribution in [0.15, 0.2) is 18.2 Å². The van der Waals surface area contributed by atoms with E-state index in [1.807, 2.05) is 32.9 Å². The Morgan fingerprint density at radius 2 is 2.13 bits per heavy atom. The molecule has 0 aliphatic heterocycles. The molecule has 82 valence electrons. The Hall–Kier alpha value is -1.51. The van der Waals surface area contributed by atoms with Crippen LogP contribution in [0.1, 0.15) is 24.5 Å². The van der Waals surface area contributed by atoms with Crippen molar-refractivity contribution in [3.05, 3.63) is 29.3 Å². The van der Waals surface area contributed by atoms with Gasteiger partial charge < -0.3 is 10.5 Å². The van der Waals surface area contributed by atoms with Crippen molar-refractivity contribution in [2.24, 2.45) is 5.73 Å². The van der Waals surface area contributed by atoms with Gasteiger partial charge in [-0.2, -0.15) is 0 Å². The Labute approximate surface area is 90.8 Å². The molecule has 3 nitrogen and oxygen atoms in total. The number of amidine groups is 1. The van der Waals surface area contributed by atoms with Crippen molar-refractivity contribution in [3.63, 3.8) is 0 Å². The third-order valence-electron chi connectivity index (χ3n) is 2.18. The molecule has 3 N–H and O–H groups in total. The molecule has 0 spiro atoms. The molecule has 0 radical (unpaired) electrons. The van der Waals surface area contributed by atoms with Crippen LogP contribution < -0.4 is 10.5 Å². The van der Waals surface area contributed by atoms with E-state index in [2.05, 4.69) is 6.07 Å². The molecule has 1 aromatic rings. The number of nitrogens with two attached hydrogens (primary N) is 1. The molecule has 1 rings (SSSR count). The Morgan fingerprint density at radius 1 is 1.47 bits per heavy atom. The summed E-state index contributed by atoms with van der Waals surface area (Å²) >= 11 is 0. The number of benzene rings is 1. The highest BCUT2D eigenvalue weighted by Crippen LogP contribution is 2.20. The largest absolute Gasteiger partial charge is 0.490 e. The van der Waals surface area contributed by atoms with Crippen LogP contribution in [-0.4, -0.2) is 11.9 Å². The van der Waals surface area contributed by atoms with Crippen molar-refractivity contribution in [1.82, 2.24) is 0 Å². The first kappa shape index (κ1) is 11.6. The van der Waals surface area contributed by atoms with Crippen LogP contribution in [0.3, 0.4) is 0 Å². The summed E-state index contributed by atoms with van der Waals surface area (Å²) in [5.41, 5.74) is 7.60. The van der Waals surface area contributed by atoms with Crippen LogP contribution in [0.25, 0.3) is 0 Å². The lowest BCUT2D eigenvalue weighted by molar-refractivity contribution is 0.228. The van der Waals surface area contributed by atoms with E-state index >= 15 is 0 Å². The highest BCUT2D eigenvalue weighted by atomic mass is 16.5. The molecular formula is C12H18N2O. The fourth-order valence-corrected chi connectivity index (χ4v) is 1.40. The van der Waals surface area contributed by atoms with E-state index in [0.29, 0.717) is 6.42 Å². The topological polar surface area (TPSA) is 59.1 Å². The minimum absolute atomic E-state index is 0.0528. The van der Waals surface area contributed by atoms with E-state index in [1.54, 1.807) is 0 Å². The predicted molar refractivity (Wildman–Crippen MR) is 62.5 cm³/mol. The summed E-state index contributed by atoms with van der Waals surface area (Å²) in [6, 6.07) is 6.09. The Balaban J connectivity index is 2.71. The maximum atomic E-state index is 7.18. The first-order chi connectivity index (χ1) is 6.99. The zero-order valence-corrected chi connectivity index (χ0v) is 9.50. The predicted octanol–water partition coefficient (Wildman–Crippen LogP) is 2.40. The van der Waals surface area contributed by atoms with Gasteiger partial charge in [0.05, 0.1) is 5.84 Å². The lowest BCUT2D eigenvalue weighted by Gasteiger charge is -2.16. The summed E-state index contributed by atoms with van der Waals surface area (Å²) < 4.78 is 5.72. The number of ether oxygens (including phenoxy) is 1. The molecule has 0 aliphatic carbocycles. The molecule has 0 heterocycles. The van der Waals surface area contributed by atoms with Gasteiger partial charge >= 0.3 is 0 Å². The summed E-state index contributed by atoms with van der Waals surface area (Å²) in [6.45, 7) is 5.96. The van der Waals surface area contributed by atoms with E-state index in [4.69, 9.17) is 15.9 Å². The third-order valence-corrected chi connectivity index (χ3v) is 2.18. The van der Waals surface area contributed by atoms with E-state index < -0.39 is 0 Å². The second kappa shape index (κ2) is 4.82. The molecule has 0 saturated carbocycles. The summed E-state index contributed by atoms with van der Waals surface area (Å²) in [4.78, 5) is 0. The Morgan fingerprint density at radius 3 is 2.73 bits per heavy atom. The zero-order chi connectivity index (χ0) is 11.4. The van der Waals surface area contributed by atoms with Gasteiger partial charge in [0.15, 0.2) is 0 Å². The van der Waals surface area contributed by atoms with Crippen molar-refractivity contribution in [3.8, 4) is 5.75 Å². The molecule has 0 aliphatic rings. The average Bonchev–Trinajstić information content (AvgIpc) is 2.10. The summed E-state index contributed by atoms with van der Waals surface area (Å²) in [6.07, 6.45) is 0.413. The van der Waals surface area contributed by atoms with E-state index in [-0.39, 0.29) is 11.9 Å². The zero-order valence-electron chi connectivity index (χ0n) is 9.50. The summed E-state index contributed by atoms with van der Waals surface area (Å²) in [5, 5.41) is 7.18. The van der Waals surface area contributed by atoms with Gasteiger partial charge in [0.2, 0.25) is 0 Å². The first-order valence-corrected chi connectivity index (χ1v) is 5.06. The highest BCUT2D eigenvalue weighted by molar-refractivity contribution is 5.77. The average molecular weight is 206 g/mol. The molecule has 0 aromatic heterocycles. The Kier molecular flexibility index (Phi) is 3.72. The van der Waals surface area contributed by atoms with Gasteiger partial charge in [0, 0.05) is 6.42 Å². The molecule has 1 atom stereocenters. The number of hydrogen-bond acceptors (Lipinski definition) is 2. The smallest absolute Gasteiger partial charge is 0.122 e. The van der Waals surface area contributed by atoms with Gasteiger partial charge in [0.25, 0.3) is 0 Å². The van der Waals surface area contributed by atoms with Crippen LogP contribution in [0, 0.1) is 19.3 Å². The number of nitrogens with one attached hydrogen (secondary N) is 1. The van der Waals surface area contributed by atoms with Gasteiger partial charge in [-0.15, -0.1) is 0 Å². The van der Waals surface area contributed by atoms with Gasteiger partial charge in [-0.05, 0) is 38.0 Å². The highest BCUT2D eigenvalue weighted by Gasteiger charge is 2.07. The van der Waals surface area contributed by atoms with Gasteiger partial charge in [0.1, 0.15) is 11.9 Å². The maximum absolute atomic E-state index is 7.18. The van der Waals surface area contributed by atoms with Gasteiger partial charge in [-0.25, -0.2) is 0 Å². The number of hydrogen-bond donors (Lipinski definition) is 2. The molecular weight excluding hydrogens is 188 g/mol. The molecule has 15 heavy (non-hydrogen) atoms. The Bertz CT molecular complexity index is 361. The van der Waals surface area contributed by atoms with Crippen molar-refractivity contribution in [1.29, 1.82) is 5.41 Å². The minimum Gasteiger partial charge on any atom is -0.490 e. The van der Waals surface area contributed by atoms with Crippen molar-refractivity contribution >= 4 is 5.84 Å². The normalized spacial score (nSPS) is 12.2. The summed E-state index contributed by atoms with van der Waals surface area (Å²) in [7, 11) is 0. The lowest BCUT2D eigenvalue weighted by Crippen LogP contribution is -2.21. The fourth-order valence-electron chi connectivity index (χ4n) is 1.40. The molecule has 1 unspecified atom stereocenters. The van der Waals surface area contributed by atoms with Crippen LogP contribution in [0.2, 0.25) is 0 Å². The van der Waals surface area contributed by atoms with Crippen molar-refractivity contribution in [2.45, 2.75) is 33.3 Å². The first-order valence-electron chi connectivity index (χ1n) is 5.06. The third kappa shape index (κ3) is 3.62. The van der Waals surface area contributed by atoms with Crippen LogP contribution >= 0.6 is 0 Å². The molecule has 0 amide bonds. The summed E-state index contributed by atoms with van der Waals surface area (Å²) in [5.74, 6) is 1.04. The van der Waals surface area contributed by atoms with Crippen LogP contribution in [0.4, 0.5) is 0 Å². The van der Waals surface area contributed by atoms with Crippen LogP contribution in [0.5, 0.6) is 5.75 Å².